The highest BCUT2D eigenvalue weighted by molar-refractivity contribution is 5.80. The summed E-state index contributed by atoms with van der Waals surface area (Å²) in [6.45, 7) is 6.78. The fourth-order valence-corrected chi connectivity index (χ4v) is 3.26. The Morgan fingerprint density at radius 1 is 1.29 bits per heavy atom. The number of aliphatic imine (C=N–C) groups is 1. The molecule has 1 fully saturated rings. The van der Waals surface area contributed by atoms with Crippen molar-refractivity contribution in [2.24, 2.45) is 10.9 Å². The molecule has 2 aromatic rings. The van der Waals surface area contributed by atoms with Crippen LogP contribution in [0.5, 0.6) is 0 Å². The number of hydrogen-bond donors (Lipinski definition) is 1. The molecule has 0 bridgehead atoms. The number of nitrogens with one attached hydrogen (secondary N) is 1. The standard InChI is InChI=1S/C19H27N5/c1-2-20-19(21-11-14-24-12-6-10-22-24)23-13-9-18(16-23)15-17-7-4-3-5-8-17/h3-8,10,12,18H,2,9,11,13-16H2,1H3,(H,20,21). The van der Waals surface area contributed by atoms with Crippen molar-refractivity contribution in [3.05, 3.63) is 54.4 Å². The molecule has 1 aliphatic rings. The highest BCUT2D eigenvalue weighted by Crippen LogP contribution is 2.20. The lowest BCUT2D eigenvalue weighted by Crippen LogP contribution is -2.40. The van der Waals surface area contributed by atoms with Crippen molar-refractivity contribution >= 4 is 5.96 Å². The molecule has 0 aliphatic carbocycles. The molecule has 0 spiro atoms. The molecule has 128 valence electrons. The van der Waals surface area contributed by atoms with Gasteiger partial charge >= 0.3 is 0 Å². The van der Waals surface area contributed by atoms with Gasteiger partial charge in [0.2, 0.25) is 0 Å². The molecular formula is C19H27N5. The molecule has 24 heavy (non-hydrogen) atoms. The molecule has 5 heteroatoms. The highest BCUT2D eigenvalue weighted by atomic mass is 15.3. The van der Waals surface area contributed by atoms with Crippen LogP contribution < -0.4 is 5.32 Å². The Balaban J connectivity index is 1.54. The fraction of sp³-hybridized carbons (Fsp3) is 0.474. The van der Waals surface area contributed by atoms with Crippen LogP contribution in [0.15, 0.2) is 53.8 Å². The minimum absolute atomic E-state index is 0.711. The van der Waals surface area contributed by atoms with Gasteiger partial charge in [-0.05, 0) is 37.3 Å². The van der Waals surface area contributed by atoms with Crippen molar-refractivity contribution in [2.45, 2.75) is 26.3 Å². The highest BCUT2D eigenvalue weighted by Gasteiger charge is 2.24. The fourth-order valence-electron chi connectivity index (χ4n) is 3.26. The van der Waals surface area contributed by atoms with Crippen LogP contribution in [0.2, 0.25) is 0 Å². The van der Waals surface area contributed by atoms with Crippen LogP contribution in [0.25, 0.3) is 0 Å². The quantitative estimate of drug-likeness (QED) is 0.655. The van der Waals surface area contributed by atoms with Gasteiger partial charge in [-0.25, -0.2) is 0 Å². The van der Waals surface area contributed by atoms with E-state index in [0.717, 1.165) is 45.1 Å². The molecule has 0 amide bonds. The molecule has 0 saturated carbocycles. The zero-order valence-corrected chi connectivity index (χ0v) is 14.4. The summed E-state index contributed by atoms with van der Waals surface area (Å²) in [6.07, 6.45) is 6.18. The molecule has 1 aromatic carbocycles. The predicted molar refractivity (Wildman–Crippen MR) is 98.0 cm³/mol. The van der Waals surface area contributed by atoms with Gasteiger partial charge in [0.05, 0.1) is 13.1 Å². The molecule has 5 nitrogen and oxygen atoms in total. The second kappa shape index (κ2) is 8.52. The number of nitrogens with zero attached hydrogens (tertiary/aromatic N) is 4. The Hall–Kier alpha value is -2.30. The van der Waals surface area contributed by atoms with Crippen molar-refractivity contribution in [3.63, 3.8) is 0 Å². The normalized spacial score (nSPS) is 18.1. The summed E-state index contributed by atoms with van der Waals surface area (Å²) in [6, 6.07) is 12.7. The first-order chi connectivity index (χ1) is 11.8. The maximum atomic E-state index is 4.78. The minimum atomic E-state index is 0.711. The average Bonchev–Trinajstić information content (AvgIpc) is 3.27. The summed E-state index contributed by atoms with van der Waals surface area (Å²) >= 11 is 0. The third-order valence-corrected chi connectivity index (χ3v) is 4.44. The summed E-state index contributed by atoms with van der Waals surface area (Å²) < 4.78 is 1.93. The van der Waals surface area contributed by atoms with Crippen molar-refractivity contribution < 1.29 is 0 Å². The Morgan fingerprint density at radius 3 is 2.92 bits per heavy atom. The Kier molecular flexibility index (Phi) is 5.88. The first-order valence-electron chi connectivity index (χ1n) is 8.89. The van der Waals surface area contributed by atoms with Crippen LogP contribution in [-0.4, -0.2) is 46.8 Å². The van der Waals surface area contributed by atoms with Gasteiger partial charge in [0.1, 0.15) is 0 Å². The zero-order chi connectivity index (χ0) is 16.6. The van der Waals surface area contributed by atoms with E-state index in [9.17, 15) is 0 Å². The van der Waals surface area contributed by atoms with Crippen molar-refractivity contribution in [1.82, 2.24) is 20.0 Å². The Labute approximate surface area is 144 Å². The van der Waals surface area contributed by atoms with Crippen LogP contribution in [0.4, 0.5) is 0 Å². The van der Waals surface area contributed by atoms with E-state index in [-0.39, 0.29) is 0 Å². The first-order valence-corrected chi connectivity index (χ1v) is 8.89. The number of aromatic nitrogens is 2. The molecule has 1 unspecified atom stereocenters. The molecule has 1 atom stereocenters. The smallest absolute Gasteiger partial charge is 0.193 e. The number of likely N-dealkylation sites (tertiary alicyclic amines) is 1. The van der Waals surface area contributed by atoms with E-state index >= 15 is 0 Å². The Bertz CT molecular complexity index is 620. The molecule has 3 rings (SSSR count). The van der Waals surface area contributed by atoms with Crippen LogP contribution in [0.3, 0.4) is 0 Å². The van der Waals surface area contributed by atoms with Crippen LogP contribution in [0, 0.1) is 5.92 Å². The molecule has 0 radical (unpaired) electrons. The maximum absolute atomic E-state index is 4.78. The molecule has 1 aromatic heterocycles. The van der Waals surface area contributed by atoms with E-state index in [2.05, 4.69) is 52.6 Å². The van der Waals surface area contributed by atoms with Crippen molar-refractivity contribution in [2.75, 3.05) is 26.2 Å². The van der Waals surface area contributed by atoms with E-state index in [1.54, 1.807) is 0 Å². The third kappa shape index (κ3) is 4.60. The Morgan fingerprint density at radius 2 is 2.17 bits per heavy atom. The van der Waals surface area contributed by atoms with Gasteiger partial charge in [-0.3, -0.25) is 9.67 Å². The SMILES string of the molecule is CCNC(=NCCn1cccn1)N1CCC(Cc2ccccc2)C1. The lowest BCUT2D eigenvalue weighted by Gasteiger charge is -2.21. The zero-order valence-electron chi connectivity index (χ0n) is 14.4. The number of hydrogen-bond acceptors (Lipinski definition) is 2. The van der Waals surface area contributed by atoms with E-state index in [0.29, 0.717) is 5.92 Å². The van der Waals surface area contributed by atoms with Crippen LogP contribution in [0.1, 0.15) is 18.9 Å². The predicted octanol–water partition coefficient (Wildman–Crippen LogP) is 2.41. The monoisotopic (exact) mass is 325 g/mol. The van der Waals surface area contributed by atoms with Gasteiger partial charge in [-0.1, -0.05) is 30.3 Å². The minimum Gasteiger partial charge on any atom is -0.357 e. The third-order valence-electron chi connectivity index (χ3n) is 4.44. The molecule has 2 heterocycles. The van der Waals surface area contributed by atoms with Gasteiger partial charge in [0, 0.05) is 32.0 Å². The van der Waals surface area contributed by atoms with Gasteiger partial charge < -0.3 is 10.2 Å². The summed E-state index contributed by atoms with van der Waals surface area (Å²) in [5.41, 5.74) is 1.44. The van der Waals surface area contributed by atoms with Crippen LogP contribution >= 0.6 is 0 Å². The molecular weight excluding hydrogens is 298 g/mol. The summed E-state index contributed by atoms with van der Waals surface area (Å²) in [4.78, 5) is 7.19. The van der Waals surface area contributed by atoms with E-state index < -0.39 is 0 Å². The van der Waals surface area contributed by atoms with Gasteiger partial charge in [-0.2, -0.15) is 5.10 Å². The topological polar surface area (TPSA) is 45.5 Å². The maximum Gasteiger partial charge on any atom is 0.193 e. The second-order valence-electron chi connectivity index (χ2n) is 6.30. The largest absolute Gasteiger partial charge is 0.357 e. The van der Waals surface area contributed by atoms with Crippen LogP contribution in [-0.2, 0) is 13.0 Å². The van der Waals surface area contributed by atoms with Gasteiger partial charge in [0.25, 0.3) is 0 Å². The average molecular weight is 325 g/mol. The van der Waals surface area contributed by atoms with E-state index in [4.69, 9.17) is 4.99 Å². The van der Waals surface area contributed by atoms with E-state index in [1.807, 2.05) is 23.1 Å². The number of guanidine groups is 1. The number of benzene rings is 1. The lowest BCUT2D eigenvalue weighted by atomic mass is 9.99. The number of rotatable bonds is 6. The van der Waals surface area contributed by atoms with Gasteiger partial charge in [0.15, 0.2) is 5.96 Å². The lowest BCUT2D eigenvalue weighted by molar-refractivity contribution is 0.458. The van der Waals surface area contributed by atoms with Crippen molar-refractivity contribution in [1.29, 1.82) is 0 Å². The van der Waals surface area contributed by atoms with Crippen molar-refractivity contribution in [3.8, 4) is 0 Å². The van der Waals surface area contributed by atoms with Gasteiger partial charge in [-0.15, -0.1) is 0 Å². The molecule has 1 aliphatic heterocycles. The van der Waals surface area contributed by atoms with E-state index in [1.165, 1.54) is 12.0 Å². The summed E-state index contributed by atoms with van der Waals surface area (Å²) in [7, 11) is 0. The molecule has 1 saturated heterocycles. The summed E-state index contributed by atoms with van der Waals surface area (Å²) in [5, 5.41) is 7.66. The summed E-state index contributed by atoms with van der Waals surface area (Å²) in [5.74, 6) is 1.75. The first kappa shape index (κ1) is 16.6. The molecule has 1 N–H and O–H groups in total. The second-order valence-corrected chi connectivity index (χ2v) is 6.30.